The summed E-state index contributed by atoms with van der Waals surface area (Å²) >= 11 is 12.1. The standard InChI is InChI=1S/C12H11Cl2N3O/c13-7-1-2-11(9(14)5-7)17-10-3-4-18-6-8(10)12(15)16-17/h1-2,5H,3-4,6H2,(H2,15,16). The summed E-state index contributed by atoms with van der Waals surface area (Å²) in [7, 11) is 0. The molecule has 18 heavy (non-hydrogen) atoms. The lowest BCUT2D eigenvalue weighted by Gasteiger charge is -2.15. The van der Waals surface area contributed by atoms with Crippen LogP contribution in [0.25, 0.3) is 5.69 Å². The monoisotopic (exact) mass is 283 g/mol. The highest BCUT2D eigenvalue weighted by Gasteiger charge is 2.21. The molecular weight excluding hydrogens is 273 g/mol. The lowest BCUT2D eigenvalue weighted by Crippen LogP contribution is -2.13. The SMILES string of the molecule is Nc1nn(-c2ccc(Cl)cc2Cl)c2c1COCC2. The predicted molar refractivity (Wildman–Crippen MR) is 71.4 cm³/mol. The molecule has 0 spiro atoms. The van der Waals surface area contributed by atoms with Gasteiger partial charge >= 0.3 is 0 Å². The average molecular weight is 284 g/mol. The number of aromatic nitrogens is 2. The number of hydrogen-bond donors (Lipinski definition) is 1. The first kappa shape index (κ1) is 11.8. The van der Waals surface area contributed by atoms with Crippen LogP contribution in [0.4, 0.5) is 5.82 Å². The Balaban J connectivity index is 2.17. The van der Waals surface area contributed by atoms with E-state index < -0.39 is 0 Å². The Morgan fingerprint density at radius 2 is 2.17 bits per heavy atom. The molecule has 2 N–H and O–H groups in total. The van der Waals surface area contributed by atoms with Crippen molar-refractivity contribution < 1.29 is 4.74 Å². The molecule has 0 unspecified atom stereocenters. The first-order chi connectivity index (χ1) is 8.66. The molecule has 1 aliphatic heterocycles. The predicted octanol–water partition coefficient (Wildman–Crippen LogP) is 2.83. The lowest BCUT2D eigenvalue weighted by molar-refractivity contribution is 0.110. The number of ether oxygens (including phenoxy) is 1. The highest BCUT2D eigenvalue weighted by molar-refractivity contribution is 6.35. The number of nitrogens with two attached hydrogens (primary N) is 1. The minimum absolute atomic E-state index is 0.496. The zero-order valence-corrected chi connectivity index (χ0v) is 11.0. The fourth-order valence-electron chi connectivity index (χ4n) is 2.11. The highest BCUT2D eigenvalue weighted by atomic mass is 35.5. The van der Waals surface area contributed by atoms with E-state index in [1.165, 1.54) is 0 Å². The maximum absolute atomic E-state index is 6.20. The van der Waals surface area contributed by atoms with Crippen molar-refractivity contribution in [2.75, 3.05) is 12.3 Å². The van der Waals surface area contributed by atoms with Gasteiger partial charge in [0, 0.05) is 17.0 Å². The summed E-state index contributed by atoms with van der Waals surface area (Å²) in [6, 6.07) is 5.32. The van der Waals surface area contributed by atoms with Gasteiger partial charge in [-0.1, -0.05) is 23.2 Å². The molecule has 94 valence electrons. The Kier molecular flexibility index (Phi) is 2.93. The zero-order valence-electron chi connectivity index (χ0n) is 9.49. The van der Waals surface area contributed by atoms with Gasteiger partial charge < -0.3 is 10.5 Å². The number of halogens is 2. The Morgan fingerprint density at radius 1 is 1.33 bits per heavy atom. The second-order valence-corrected chi connectivity index (χ2v) is 4.96. The van der Waals surface area contributed by atoms with Crippen molar-refractivity contribution in [1.29, 1.82) is 0 Å². The van der Waals surface area contributed by atoms with E-state index >= 15 is 0 Å². The van der Waals surface area contributed by atoms with Gasteiger partial charge in [0.2, 0.25) is 0 Å². The Hall–Kier alpha value is -1.23. The fraction of sp³-hybridized carbons (Fsp3) is 0.250. The van der Waals surface area contributed by atoms with Crippen molar-refractivity contribution in [3.05, 3.63) is 39.5 Å². The van der Waals surface area contributed by atoms with Gasteiger partial charge in [-0.25, -0.2) is 4.68 Å². The van der Waals surface area contributed by atoms with Gasteiger partial charge in [0.05, 0.1) is 29.6 Å². The molecule has 0 aliphatic carbocycles. The average Bonchev–Trinajstić information content (AvgIpc) is 2.68. The molecule has 1 aromatic heterocycles. The topological polar surface area (TPSA) is 53.1 Å². The van der Waals surface area contributed by atoms with Crippen LogP contribution >= 0.6 is 23.2 Å². The van der Waals surface area contributed by atoms with Gasteiger partial charge in [-0.05, 0) is 18.2 Å². The van der Waals surface area contributed by atoms with Gasteiger partial charge in [-0.2, -0.15) is 0 Å². The maximum atomic E-state index is 6.20. The van der Waals surface area contributed by atoms with Crippen LogP contribution in [0.5, 0.6) is 0 Å². The van der Waals surface area contributed by atoms with Crippen LogP contribution in [0.2, 0.25) is 10.0 Å². The van der Waals surface area contributed by atoms with E-state index in [0.29, 0.717) is 29.1 Å². The van der Waals surface area contributed by atoms with Crippen LogP contribution in [0, 0.1) is 0 Å². The number of anilines is 1. The third kappa shape index (κ3) is 1.86. The Morgan fingerprint density at radius 3 is 2.94 bits per heavy atom. The maximum Gasteiger partial charge on any atom is 0.151 e. The van der Waals surface area contributed by atoms with Gasteiger partial charge in [-0.3, -0.25) is 0 Å². The van der Waals surface area contributed by atoms with Crippen LogP contribution in [0.15, 0.2) is 18.2 Å². The first-order valence-corrected chi connectivity index (χ1v) is 6.32. The summed E-state index contributed by atoms with van der Waals surface area (Å²) in [6.45, 7) is 1.18. The number of nitrogen functional groups attached to an aromatic ring is 1. The summed E-state index contributed by atoms with van der Waals surface area (Å²) in [6.07, 6.45) is 0.776. The molecular formula is C12H11Cl2N3O. The van der Waals surface area contributed by atoms with Gasteiger partial charge in [-0.15, -0.1) is 5.10 Å². The van der Waals surface area contributed by atoms with E-state index in [-0.39, 0.29) is 0 Å². The Labute approximate surface area is 114 Å². The Bertz CT molecular complexity index is 610. The van der Waals surface area contributed by atoms with Crippen molar-refractivity contribution in [1.82, 2.24) is 9.78 Å². The molecule has 4 nitrogen and oxygen atoms in total. The molecule has 3 rings (SSSR count). The lowest BCUT2D eigenvalue weighted by atomic mass is 10.1. The van der Waals surface area contributed by atoms with E-state index in [1.807, 2.05) is 6.07 Å². The molecule has 0 amide bonds. The molecule has 0 radical (unpaired) electrons. The van der Waals surface area contributed by atoms with Crippen molar-refractivity contribution in [2.24, 2.45) is 0 Å². The minimum Gasteiger partial charge on any atom is -0.382 e. The molecule has 1 aromatic carbocycles. The van der Waals surface area contributed by atoms with Gasteiger partial charge in [0.1, 0.15) is 0 Å². The normalized spacial score (nSPS) is 14.6. The minimum atomic E-state index is 0.496. The summed E-state index contributed by atoms with van der Waals surface area (Å²) in [5.41, 5.74) is 8.70. The van der Waals surface area contributed by atoms with Crippen LogP contribution in [-0.2, 0) is 17.8 Å². The highest BCUT2D eigenvalue weighted by Crippen LogP contribution is 2.29. The van der Waals surface area contributed by atoms with Gasteiger partial charge in [0.25, 0.3) is 0 Å². The molecule has 0 saturated heterocycles. The second-order valence-electron chi connectivity index (χ2n) is 4.12. The van der Waals surface area contributed by atoms with Crippen LogP contribution in [0.3, 0.4) is 0 Å². The molecule has 0 saturated carbocycles. The molecule has 0 fully saturated rings. The van der Waals surface area contributed by atoms with Crippen molar-refractivity contribution in [2.45, 2.75) is 13.0 Å². The van der Waals surface area contributed by atoms with E-state index in [9.17, 15) is 0 Å². The third-order valence-corrected chi connectivity index (χ3v) is 3.53. The number of hydrogen-bond acceptors (Lipinski definition) is 3. The zero-order chi connectivity index (χ0) is 12.7. The summed E-state index contributed by atoms with van der Waals surface area (Å²) in [4.78, 5) is 0. The second kappa shape index (κ2) is 4.46. The summed E-state index contributed by atoms with van der Waals surface area (Å²) in [5.74, 6) is 0.496. The van der Waals surface area contributed by atoms with E-state index in [0.717, 1.165) is 23.4 Å². The molecule has 0 bridgehead atoms. The van der Waals surface area contributed by atoms with Crippen molar-refractivity contribution in [3.8, 4) is 5.69 Å². The number of rotatable bonds is 1. The summed E-state index contributed by atoms with van der Waals surface area (Å²) in [5, 5.41) is 5.49. The van der Waals surface area contributed by atoms with Crippen LogP contribution in [0.1, 0.15) is 11.3 Å². The largest absolute Gasteiger partial charge is 0.382 e. The number of fused-ring (bicyclic) bond motifs is 1. The van der Waals surface area contributed by atoms with Crippen molar-refractivity contribution >= 4 is 29.0 Å². The van der Waals surface area contributed by atoms with E-state index in [4.69, 9.17) is 33.7 Å². The van der Waals surface area contributed by atoms with Gasteiger partial charge in [0.15, 0.2) is 5.82 Å². The van der Waals surface area contributed by atoms with Crippen molar-refractivity contribution in [3.63, 3.8) is 0 Å². The van der Waals surface area contributed by atoms with E-state index in [1.54, 1.807) is 16.8 Å². The van der Waals surface area contributed by atoms with E-state index in [2.05, 4.69) is 5.10 Å². The molecule has 2 heterocycles. The van der Waals surface area contributed by atoms with Crippen LogP contribution in [-0.4, -0.2) is 16.4 Å². The smallest absolute Gasteiger partial charge is 0.151 e. The number of benzene rings is 1. The summed E-state index contributed by atoms with van der Waals surface area (Å²) < 4.78 is 7.17. The third-order valence-electron chi connectivity index (χ3n) is 2.99. The number of nitrogens with zero attached hydrogens (tertiary/aromatic N) is 2. The molecule has 6 heteroatoms. The van der Waals surface area contributed by atoms with Crippen LogP contribution < -0.4 is 5.73 Å². The quantitative estimate of drug-likeness (QED) is 0.876. The molecule has 0 atom stereocenters. The molecule has 1 aliphatic rings. The first-order valence-electron chi connectivity index (χ1n) is 5.56. The molecule has 2 aromatic rings. The fourth-order valence-corrected chi connectivity index (χ4v) is 2.60.